The molecule has 0 aromatic rings. The Balaban J connectivity index is 1.95. The number of nitrogens with one attached hydrogen (secondary N) is 1. The maximum Gasteiger partial charge on any atom is 0.0558 e. The Hall–Kier alpha value is -0.120. The Bertz CT molecular complexity index is 229. The number of nitrogens with zero attached hydrogens (tertiary/aromatic N) is 1. The Labute approximate surface area is 112 Å². The van der Waals surface area contributed by atoms with E-state index in [1.807, 2.05) is 0 Å². The normalized spacial score (nSPS) is 24.2. The summed E-state index contributed by atoms with van der Waals surface area (Å²) >= 11 is 0. The van der Waals surface area contributed by atoms with Crippen molar-refractivity contribution in [1.82, 2.24) is 10.2 Å². The molecule has 2 rings (SSSR count). The summed E-state index contributed by atoms with van der Waals surface area (Å²) in [5.41, 5.74) is 0.470. The van der Waals surface area contributed by atoms with Crippen LogP contribution < -0.4 is 5.32 Å². The van der Waals surface area contributed by atoms with Crippen LogP contribution in [0.5, 0.6) is 0 Å². The highest BCUT2D eigenvalue weighted by Crippen LogP contribution is 2.38. The average Bonchev–Trinajstić information content (AvgIpc) is 2.28. The minimum Gasteiger partial charge on any atom is -0.395 e. The number of aliphatic hydroxyl groups excluding tert-OH is 1. The van der Waals surface area contributed by atoms with Gasteiger partial charge >= 0.3 is 0 Å². The molecule has 0 aliphatic heterocycles. The maximum absolute atomic E-state index is 9.29. The van der Waals surface area contributed by atoms with E-state index >= 15 is 0 Å². The molecule has 0 heterocycles. The van der Waals surface area contributed by atoms with Gasteiger partial charge in [-0.2, -0.15) is 0 Å². The van der Waals surface area contributed by atoms with E-state index in [9.17, 15) is 5.11 Å². The first-order valence-electron chi connectivity index (χ1n) is 7.79. The van der Waals surface area contributed by atoms with Gasteiger partial charge in [0.25, 0.3) is 0 Å². The van der Waals surface area contributed by atoms with Crippen molar-refractivity contribution in [1.29, 1.82) is 0 Å². The molecule has 0 spiro atoms. The molecule has 0 aromatic carbocycles. The van der Waals surface area contributed by atoms with Crippen LogP contribution in [-0.2, 0) is 0 Å². The monoisotopic (exact) mass is 254 g/mol. The van der Waals surface area contributed by atoms with E-state index < -0.39 is 0 Å². The molecule has 0 amide bonds. The Kier molecular flexibility index (Phi) is 5.46. The Morgan fingerprint density at radius 2 is 1.89 bits per heavy atom. The highest BCUT2D eigenvalue weighted by Gasteiger charge is 2.36. The summed E-state index contributed by atoms with van der Waals surface area (Å²) in [4.78, 5) is 2.58. The van der Waals surface area contributed by atoms with E-state index in [0.29, 0.717) is 12.0 Å². The molecule has 0 saturated heterocycles. The SMILES string of the molecule is CNCC1(CN(CCO)C2CCC2)CCCCC1. The van der Waals surface area contributed by atoms with E-state index in [2.05, 4.69) is 17.3 Å². The van der Waals surface area contributed by atoms with Crippen molar-refractivity contribution in [3.05, 3.63) is 0 Å². The molecule has 0 atom stereocenters. The molecule has 2 fully saturated rings. The fourth-order valence-electron chi connectivity index (χ4n) is 3.77. The molecule has 3 heteroatoms. The molecule has 3 nitrogen and oxygen atoms in total. The lowest BCUT2D eigenvalue weighted by Crippen LogP contribution is -2.50. The molecule has 0 radical (unpaired) electrons. The van der Waals surface area contributed by atoms with Gasteiger partial charge in [-0.3, -0.25) is 4.90 Å². The molecular formula is C15H30N2O. The summed E-state index contributed by atoms with van der Waals surface area (Å²) < 4.78 is 0. The fraction of sp³-hybridized carbons (Fsp3) is 1.00. The molecule has 18 heavy (non-hydrogen) atoms. The quantitative estimate of drug-likeness (QED) is 0.729. The van der Waals surface area contributed by atoms with Crippen molar-refractivity contribution in [3.63, 3.8) is 0 Å². The lowest BCUT2D eigenvalue weighted by atomic mass is 9.73. The van der Waals surface area contributed by atoms with Crippen molar-refractivity contribution >= 4 is 0 Å². The second-order valence-corrected chi connectivity index (χ2v) is 6.37. The van der Waals surface area contributed by atoms with Gasteiger partial charge in [0, 0.05) is 25.7 Å². The molecule has 2 aliphatic carbocycles. The summed E-state index contributed by atoms with van der Waals surface area (Å²) in [6.07, 6.45) is 11.0. The van der Waals surface area contributed by atoms with Gasteiger partial charge in [0.15, 0.2) is 0 Å². The van der Waals surface area contributed by atoms with Gasteiger partial charge in [-0.15, -0.1) is 0 Å². The van der Waals surface area contributed by atoms with E-state index in [-0.39, 0.29) is 0 Å². The number of rotatable bonds is 7. The zero-order chi connectivity index (χ0) is 12.8. The molecule has 2 saturated carbocycles. The first kappa shape index (κ1) is 14.3. The predicted octanol–water partition coefficient (Wildman–Crippen LogP) is 2.00. The van der Waals surface area contributed by atoms with Crippen LogP contribution in [0, 0.1) is 5.41 Å². The van der Waals surface area contributed by atoms with Crippen molar-refractivity contribution < 1.29 is 5.11 Å². The van der Waals surface area contributed by atoms with Crippen LogP contribution in [0.4, 0.5) is 0 Å². The van der Waals surface area contributed by atoms with Crippen LogP contribution in [0.25, 0.3) is 0 Å². The van der Waals surface area contributed by atoms with Crippen molar-refractivity contribution in [2.45, 2.75) is 57.4 Å². The summed E-state index contributed by atoms with van der Waals surface area (Å²) in [6, 6.07) is 0.757. The zero-order valence-corrected chi connectivity index (χ0v) is 12.0. The minimum absolute atomic E-state index is 0.312. The number of hydrogen-bond acceptors (Lipinski definition) is 3. The first-order valence-corrected chi connectivity index (χ1v) is 7.79. The number of aliphatic hydroxyl groups is 1. The molecule has 0 bridgehead atoms. The third-order valence-electron chi connectivity index (χ3n) is 4.98. The lowest BCUT2D eigenvalue weighted by Gasteiger charge is -2.46. The second-order valence-electron chi connectivity index (χ2n) is 6.37. The van der Waals surface area contributed by atoms with Crippen molar-refractivity contribution in [2.75, 3.05) is 33.3 Å². The van der Waals surface area contributed by atoms with Crippen LogP contribution in [0.1, 0.15) is 51.4 Å². The Morgan fingerprint density at radius 1 is 1.17 bits per heavy atom. The Morgan fingerprint density at radius 3 is 2.39 bits per heavy atom. The highest BCUT2D eigenvalue weighted by molar-refractivity contribution is 4.91. The van der Waals surface area contributed by atoms with Gasteiger partial charge in [0.05, 0.1) is 6.61 Å². The standard InChI is InChI=1S/C15H30N2O/c1-16-12-15(8-3-2-4-9-15)13-17(10-11-18)14-6-5-7-14/h14,16,18H,2-13H2,1H3. The third kappa shape index (κ3) is 3.46. The average molecular weight is 254 g/mol. The van der Waals surface area contributed by atoms with Gasteiger partial charge in [-0.1, -0.05) is 25.7 Å². The predicted molar refractivity (Wildman–Crippen MR) is 75.7 cm³/mol. The van der Waals surface area contributed by atoms with Crippen LogP contribution >= 0.6 is 0 Å². The van der Waals surface area contributed by atoms with E-state index in [0.717, 1.165) is 19.1 Å². The smallest absolute Gasteiger partial charge is 0.0558 e. The first-order chi connectivity index (χ1) is 8.79. The van der Waals surface area contributed by atoms with Crippen LogP contribution in [0.3, 0.4) is 0 Å². The molecular weight excluding hydrogens is 224 g/mol. The summed E-state index contributed by atoms with van der Waals surface area (Å²) in [7, 11) is 2.08. The molecule has 106 valence electrons. The van der Waals surface area contributed by atoms with Crippen LogP contribution in [0.15, 0.2) is 0 Å². The lowest BCUT2D eigenvalue weighted by molar-refractivity contribution is 0.0356. The maximum atomic E-state index is 9.29. The van der Waals surface area contributed by atoms with Crippen molar-refractivity contribution in [3.8, 4) is 0 Å². The molecule has 0 aromatic heterocycles. The van der Waals surface area contributed by atoms with Crippen LogP contribution in [0.2, 0.25) is 0 Å². The fourth-order valence-corrected chi connectivity index (χ4v) is 3.77. The minimum atomic E-state index is 0.312. The summed E-state index contributed by atoms with van der Waals surface area (Å²) in [5, 5.41) is 12.7. The van der Waals surface area contributed by atoms with Gasteiger partial charge in [0.2, 0.25) is 0 Å². The van der Waals surface area contributed by atoms with Gasteiger partial charge in [-0.05, 0) is 38.1 Å². The summed E-state index contributed by atoms with van der Waals surface area (Å²) in [6.45, 7) is 3.52. The second kappa shape index (κ2) is 6.88. The van der Waals surface area contributed by atoms with Gasteiger partial charge < -0.3 is 10.4 Å². The molecule has 2 N–H and O–H groups in total. The molecule has 2 aliphatic rings. The number of hydrogen-bond donors (Lipinski definition) is 2. The zero-order valence-electron chi connectivity index (χ0n) is 12.0. The topological polar surface area (TPSA) is 35.5 Å². The van der Waals surface area contributed by atoms with Gasteiger partial charge in [0.1, 0.15) is 0 Å². The van der Waals surface area contributed by atoms with E-state index in [4.69, 9.17) is 0 Å². The van der Waals surface area contributed by atoms with E-state index in [1.165, 1.54) is 57.9 Å². The molecule has 0 unspecified atom stereocenters. The highest BCUT2D eigenvalue weighted by atomic mass is 16.3. The van der Waals surface area contributed by atoms with E-state index in [1.54, 1.807) is 0 Å². The van der Waals surface area contributed by atoms with Gasteiger partial charge in [-0.25, -0.2) is 0 Å². The van der Waals surface area contributed by atoms with Crippen molar-refractivity contribution in [2.24, 2.45) is 5.41 Å². The van der Waals surface area contributed by atoms with Crippen LogP contribution in [-0.4, -0.2) is 49.3 Å². The summed E-state index contributed by atoms with van der Waals surface area (Å²) in [5.74, 6) is 0. The largest absolute Gasteiger partial charge is 0.395 e. The third-order valence-corrected chi connectivity index (χ3v) is 4.98.